The molecule has 19 nitrogen and oxygen atoms in total. The van der Waals surface area contributed by atoms with Crippen LogP contribution >= 0.6 is 0 Å². The van der Waals surface area contributed by atoms with E-state index in [0.717, 1.165) is 34.4 Å². The van der Waals surface area contributed by atoms with Crippen molar-refractivity contribution in [1.29, 1.82) is 0 Å². The van der Waals surface area contributed by atoms with Gasteiger partial charge in [-0.15, -0.1) is 0 Å². The second-order valence-corrected chi connectivity index (χ2v) is 21.1. The fraction of sp³-hybridized carbons (Fsp3) is 0.302. The van der Waals surface area contributed by atoms with E-state index in [9.17, 15) is 52.2 Å². The Morgan fingerprint density at radius 1 is 0.524 bits per heavy atom. The van der Waals surface area contributed by atoms with E-state index in [1.165, 1.54) is 24.3 Å². The van der Waals surface area contributed by atoms with Crippen molar-refractivity contribution in [3.63, 3.8) is 0 Å². The third kappa shape index (κ3) is 22.1. The van der Waals surface area contributed by atoms with Gasteiger partial charge in [0.25, 0.3) is 11.8 Å². The molecule has 10 N–H and O–H groups in total. The zero-order valence-electron chi connectivity index (χ0n) is 47.8. The lowest BCUT2D eigenvalue weighted by atomic mass is 9.96. The minimum atomic E-state index is -0.931. The average Bonchev–Trinajstić information content (AvgIpc) is 3.60. The van der Waals surface area contributed by atoms with Crippen LogP contribution in [0.15, 0.2) is 121 Å². The lowest BCUT2D eigenvalue weighted by Crippen LogP contribution is -2.37. The summed E-state index contributed by atoms with van der Waals surface area (Å²) in [5.41, 5.74) is 15.5. The van der Waals surface area contributed by atoms with Crippen LogP contribution < -0.4 is 32.7 Å². The number of anilines is 2. The molecule has 0 heterocycles. The van der Waals surface area contributed by atoms with Crippen LogP contribution in [0.5, 0.6) is 0 Å². The largest absolute Gasteiger partial charge is 0.478 e. The summed E-state index contributed by atoms with van der Waals surface area (Å²) in [6.07, 6.45) is -1.39. The van der Waals surface area contributed by atoms with Gasteiger partial charge in [0.1, 0.15) is 29.4 Å². The van der Waals surface area contributed by atoms with E-state index in [2.05, 4.69) is 21.3 Å². The SMILES string of the molecule is C.CC(C)(C)OC(=O)NCC(C(=O)Nc1ccc(C(N)=O)c(F)c1)c1ccc(CO)cc1.Cc1ccc(C(=O)O)c(C)c1.Cc1ccc(C(=O)OCc2ccc(C(CNC(=O)OC(C)(C)C)C(=O)Nc3ccc(C(N)=O)c(F)c3)cc2)c(C)c1. The first-order chi connectivity index (χ1) is 38.8. The van der Waals surface area contributed by atoms with Gasteiger partial charge in [0.05, 0.1) is 40.7 Å². The molecule has 0 aliphatic rings. The Labute approximate surface area is 487 Å². The van der Waals surface area contributed by atoms with Gasteiger partial charge >= 0.3 is 24.1 Å². The molecule has 0 fully saturated rings. The normalized spacial score (nSPS) is 11.4. The third-order valence-electron chi connectivity index (χ3n) is 11.9. The maximum absolute atomic E-state index is 14.2. The number of nitrogens with one attached hydrogen (secondary N) is 4. The number of hydrogen-bond acceptors (Lipinski definition) is 12. The first kappa shape index (κ1) is 68.8. The molecule has 0 aliphatic carbocycles. The van der Waals surface area contributed by atoms with Gasteiger partial charge in [0.15, 0.2) is 0 Å². The van der Waals surface area contributed by atoms with Gasteiger partial charge < -0.3 is 57.2 Å². The quantitative estimate of drug-likeness (QED) is 0.0312. The third-order valence-corrected chi connectivity index (χ3v) is 11.9. The highest BCUT2D eigenvalue weighted by atomic mass is 19.1. The predicted molar refractivity (Wildman–Crippen MR) is 314 cm³/mol. The molecule has 0 aliphatic heterocycles. The molecule has 0 saturated carbocycles. The Morgan fingerprint density at radius 2 is 0.893 bits per heavy atom. The zero-order chi connectivity index (χ0) is 61.9. The molecule has 6 aromatic rings. The van der Waals surface area contributed by atoms with Crippen molar-refractivity contribution in [2.75, 3.05) is 23.7 Å². The van der Waals surface area contributed by atoms with Crippen molar-refractivity contribution in [2.45, 2.75) is 113 Å². The molecule has 6 rings (SSSR count). The lowest BCUT2D eigenvalue weighted by Gasteiger charge is -2.22. The first-order valence-corrected chi connectivity index (χ1v) is 25.9. The summed E-state index contributed by atoms with van der Waals surface area (Å²) in [4.78, 5) is 96.1. The minimum Gasteiger partial charge on any atom is -0.478 e. The maximum atomic E-state index is 14.2. The zero-order valence-corrected chi connectivity index (χ0v) is 47.8. The van der Waals surface area contributed by atoms with Crippen molar-refractivity contribution < 1.29 is 71.6 Å². The van der Waals surface area contributed by atoms with Gasteiger partial charge in [0.2, 0.25) is 11.8 Å². The molecular weight excluding hydrogens is 1090 g/mol. The molecule has 6 aromatic carbocycles. The van der Waals surface area contributed by atoms with Crippen molar-refractivity contribution in [2.24, 2.45) is 11.5 Å². The number of nitrogens with two attached hydrogens (primary N) is 2. The van der Waals surface area contributed by atoms with Crippen LogP contribution in [0, 0.1) is 39.3 Å². The van der Waals surface area contributed by atoms with E-state index in [0.29, 0.717) is 33.4 Å². The summed E-state index contributed by atoms with van der Waals surface area (Å²) in [6, 6.07) is 31.2. The number of carbonyl (C=O) groups is 8. The molecule has 0 aromatic heterocycles. The number of aromatic carboxylic acids is 1. The molecule has 6 amide bonds. The maximum Gasteiger partial charge on any atom is 0.407 e. The van der Waals surface area contributed by atoms with E-state index in [4.69, 9.17) is 30.8 Å². The van der Waals surface area contributed by atoms with Gasteiger partial charge in [-0.3, -0.25) is 19.2 Å². The Hall–Kier alpha value is -9.50. The molecule has 0 radical (unpaired) electrons. The predicted octanol–water partition coefficient (Wildman–Crippen LogP) is 10.4. The minimum absolute atomic E-state index is 0. The number of alkyl carbamates (subject to hydrolysis) is 2. The number of amides is 6. The van der Waals surface area contributed by atoms with Gasteiger partial charge in [-0.05, 0) is 151 Å². The number of aliphatic hydroxyl groups is 1. The number of esters is 1. The van der Waals surface area contributed by atoms with E-state index >= 15 is 0 Å². The Kier molecular flexibility index (Phi) is 25.4. The molecular formula is C63H74F2N6O13. The van der Waals surface area contributed by atoms with Crippen LogP contribution in [0.25, 0.3) is 0 Å². The van der Waals surface area contributed by atoms with E-state index < -0.39 is 82.4 Å². The summed E-state index contributed by atoms with van der Waals surface area (Å²) in [5.74, 6) is -7.67. The molecule has 0 saturated heterocycles. The fourth-order valence-electron chi connectivity index (χ4n) is 7.79. The molecule has 0 bridgehead atoms. The summed E-state index contributed by atoms with van der Waals surface area (Å²) in [7, 11) is 0. The number of halogens is 2. The highest BCUT2D eigenvalue weighted by molar-refractivity contribution is 5.99. The summed E-state index contributed by atoms with van der Waals surface area (Å²) >= 11 is 0. The van der Waals surface area contributed by atoms with Crippen molar-refractivity contribution in [3.8, 4) is 0 Å². The number of aliphatic hydroxyl groups excluding tert-OH is 1. The number of primary amides is 2. The highest BCUT2D eigenvalue weighted by Gasteiger charge is 2.27. The summed E-state index contributed by atoms with van der Waals surface area (Å²) in [5, 5.41) is 28.2. The van der Waals surface area contributed by atoms with Crippen molar-refractivity contribution in [1.82, 2.24) is 10.6 Å². The Morgan fingerprint density at radius 3 is 1.23 bits per heavy atom. The monoisotopic (exact) mass is 1160 g/mol. The van der Waals surface area contributed by atoms with Crippen LogP contribution in [0.4, 0.5) is 29.7 Å². The summed E-state index contributed by atoms with van der Waals surface area (Å²) < 4.78 is 44.2. The first-order valence-electron chi connectivity index (χ1n) is 25.9. The molecule has 2 atom stereocenters. The van der Waals surface area contributed by atoms with E-state index in [1.54, 1.807) is 115 Å². The van der Waals surface area contributed by atoms with E-state index in [1.807, 2.05) is 39.0 Å². The number of hydrogen-bond donors (Lipinski definition) is 8. The number of benzene rings is 6. The Balaban J connectivity index is 0.000000377. The van der Waals surface area contributed by atoms with Crippen molar-refractivity contribution >= 4 is 59.1 Å². The molecule has 0 spiro atoms. The molecule has 21 heteroatoms. The fourth-order valence-corrected chi connectivity index (χ4v) is 7.79. The number of rotatable bonds is 17. The number of carboxylic acids is 1. The number of carboxylic acid groups (broad SMARTS) is 1. The topological polar surface area (TPSA) is 305 Å². The van der Waals surface area contributed by atoms with Crippen LogP contribution in [-0.4, -0.2) is 82.3 Å². The standard InChI is InChI=1S/C31H34FN3O6.C22H26FN3O5.C9H10O2.CH4/c1-18-6-12-23(19(2)14-18)29(38)40-17-20-7-9-21(10-8-20)25(16-34-30(39)41-31(3,4)5)28(37)35-22-11-13-24(27(33)36)26(32)15-22;1-22(2,3)31-21(30)25-11-17(14-6-4-13(12-27)5-7-14)20(29)26-15-8-9-16(19(24)28)18(23)10-15;1-6-3-4-8(9(10)11)7(2)5-6;/h6-15,25H,16-17H2,1-5H3,(H2,33,36)(H,34,39)(H,35,37);4-10,17,27H,11-12H2,1-3H3,(H2,24,28)(H,25,30)(H,26,29);3-5H,1-2H3,(H,10,11);1H4. The smallest absolute Gasteiger partial charge is 0.407 e. The van der Waals surface area contributed by atoms with Crippen LogP contribution in [0.3, 0.4) is 0 Å². The lowest BCUT2D eigenvalue weighted by molar-refractivity contribution is -0.118. The van der Waals surface area contributed by atoms with E-state index in [-0.39, 0.29) is 56.2 Å². The van der Waals surface area contributed by atoms with Crippen LogP contribution in [0.1, 0.15) is 147 Å². The van der Waals surface area contributed by atoms with Gasteiger partial charge in [-0.25, -0.2) is 28.0 Å². The second-order valence-electron chi connectivity index (χ2n) is 21.1. The number of aryl methyl sites for hydroxylation is 4. The summed E-state index contributed by atoms with van der Waals surface area (Å²) in [6.45, 7) is 17.5. The highest BCUT2D eigenvalue weighted by Crippen LogP contribution is 2.24. The van der Waals surface area contributed by atoms with Crippen LogP contribution in [0.2, 0.25) is 0 Å². The van der Waals surface area contributed by atoms with Crippen LogP contribution in [-0.2, 0) is 37.0 Å². The average molecular weight is 1160 g/mol. The second kappa shape index (κ2) is 31.1. The molecule has 84 heavy (non-hydrogen) atoms. The molecule has 448 valence electrons. The van der Waals surface area contributed by atoms with Gasteiger partial charge in [-0.1, -0.05) is 91.3 Å². The molecule has 2 unspecified atom stereocenters. The van der Waals surface area contributed by atoms with Gasteiger partial charge in [-0.2, -0.15) is 0 Å². The Bertz CT molecular complexity index is 3320. The van der Waals surface area contributed by atoms with Crippen molar-refractivity contribution in [3.05, 3.63) is 200 Å². The number of ether oxygens (including phenoxy) is 3. The number of carbonyl (C=O) groups excluding carboxylic acids is 7. The van der Waals surface area contributed by atoms with Gasteiger partial charge in [0, 0.05) is 24.5 Å².